The van der Waals surface area contributed by atoms with E-state index in [0.29, 0.717) is 5.56 Å². The monoisotopic (exact) mass is 979 g/mol. The van der Waals surface area contributed by atoms with E-state index in [1.54, 1.807) is 12.1 Å². The van der Waals surface area contributed by atoms with Gasteiger partial charge in [0.1, 0.15) is 11.6 Å². The van der Waals surface area contributed by atoms with Crippen LogP contribution in [0.4, 0.5) is 8.78 Å². The quantitative estimate of drug-likeness (QED) is 0.0960. The lowest BCUT2D eigenvalue weighted by Gasteiger charge is -2.16. The topological polar surface area (TPSA) is 0 Å². The van der Waals surface area contributed by atoms with Gasteiger partial charge in [0.15, 0.2) is 0 Å². The molecule has 378 valence electrons. The van der Waals surface area contributed by atoms with Crippen LogP contribution in [0.15, 0.2) is 188 Å². The Bertz CT molecular complexity index is 3120. The van der Waals surface area contributed by atoms with Crippen LogP contribution in [-0.2, 0) is 57.8 Å². The highest BCUT2D eigenvalue weighted by atomic mass is 19.1. The largest absolute Gasteiger partial charge is 0.207 e. The first kappa shape index (κ1) is 54.6. The zero-order valence-electron chi connectivity index (χ0n) is 45.5. The summed E-state index contributed by atoms with van der Waals surface area (Å²) in [5, 5.41) is 0. The van der Waals surface area contributed by atoms with Crippen LogP contribution in [-0.4, -0.2) is 0 Å². The molecule has 0 unspecified atom stereocenters. The fourth-order valence-corrected chi connectivity index (χ4v) is 9.78. The summed E-state index contributed by atoms with van der Waals surface area (Å²) in [6.45, 7) is 19.5. The van der Waals surface area contributed by atoms with Gasteiger partial charge in [-0.05, 0) is 181 Å². The SMILES string of the molecule is CCc1ccc(-c2cc(CC)c(-c3ccc(CC)cc3)cc2CC)cc1.CCc1ccc(-c2ccc(-c3ccc(-c4ccc(CC)cc4)cc3F)cc2)cc1.CCc1ccc(-c2ccc(CC)c(CC)c2)cc1F. The summed E-state index contributed by atoms with van der Waals surface area (Å²) < 4.78 is 28.7. The van der Waals surface area contributed by atoms with Crippen molar-refractivity contribution in [1.29, 1.82) is 0 Å². The van der Waals surface area contributed by atoms with Crippen molar-refractivity contribution in [2.24, 2.45) is 0 Å². The molecule has 0 bridgehead atoms. The number of hydrogen-bond donors (Lipinski definition) is 0. The molecule has 0 spiro atoms. The molecule has 2 heteroatoms. The summed E-state index contributed by atoms with van der Waals surface area (Å²) in [6.07, 6.45) is 9.13. The second-order valence-electron chi connectivity index (χ2n) is 19.2. The molecule has 0 aromatic heterocycles. The number of benzene rings is 9. The third kappa shape index (κ3) is 13.5. The van der Waals surface area contributed by atoms with E-state index in [9.17, 15) is 8.78 Å². The molecule has 9 aromatic carbocycles. The van der Waals surface area contributed by atoms with E-state index in [1.807, 2.05) is 43.3 Å². The second-order valence-corrected chi connectivity index (χ2v) is 19.2. The summed E-state index contributed by atoms with van der Waals surface area (Å²) >= 11 is 0. The smallest absolute Gasteiger partial charge is 0.131 e. The van der Waals surface area contributed by atoms with Crippen LogP contribution >= 0.6 is 0 Å². The van der Waals surface area contributed by atoms with Crippen molar-refractivity contribution in [3.8, 4) is 66.8 Å². The molecule has 0 radical (unpaired) electrons. The molecule has 0 nitrogen and oxygen atoms in total. The van der Waals surface area contributed by atoms with E-state index >= 15 is 0 Å². The lowest BCUT2D eigenvalue weighted by molar-refractivity contribution is 0.613. The molecule has 0 fully saturated rings. The molecule has 0 aliphatic rings. The maximum Gasteiger partial charge on any atom is 0.131 e. The summed E-state index contributed by atoms with van der Waals surface area (Å²) in [5.41, 5.74) is 25.1. The average Bonchev–Trinajstić information content (AvgIpc) is 3.47. The van der Waals surface area contributed by atoms with Crippen LogP contribution in [0, 0.1) is 11.6 Å². The highest BCUT2D eigenvalue weighted by Gasteiger charge is 2.13. The lowest BCUT2D eigenvalue weighted by atomic mass is 9.88. The summed E-state index contributed by atoms with van der Waals surface area (Å²) in [5.74, 6) is -0.292. The van der Waals surface area contributed by atoms with Gasteiger partial charge in [-0.25, -0.2) is 8.78 Å². The van der Waals surface area contributed by atoms with Crippen molar-refractivity contribution < 1.29 is 8.78 Å². The van der Waals surface area contributed by atoms with Gasteiger partial charge < -0.3 is 0 Å². The molecule has 9 aromatic rings. The van der Waals surface area contributed by atoms with Crippen molar-refractivity contribution in [2.75, 3.05) is 0 Å². The van der Waals surface area contributed by atoms with Crippen LogP contribution in [0.5, 0.6) is 0 Å². The fourth-order valence-electron chi connectivity index (χ4n) is 9.78. The highest BCUT2D eigenvalue weighted by molar-refractivity contribution is 5.78. The Morgan fingerprint density at radius 1 is 0.203 bits per heavy atom. The highest BCUT2D eigenvalue weighted by Crippen LogP contribution is 2.35. The van der Waals surface area contributed by atoms with Crippen molar-refractivity contribution in [3.05, 3.63) is 250 Å². The second kappa shape index (κ2) is 26.7. The fraction of sp³-hybridized carbons (Fsp3) is 0.250. The molecule has 0 atom stereocenters. The Labute approximate surface area is 443 Å². The summed E-state index contributed by atoms with van der Waals surface area (Å²) in [4.78, 5) is 0. The number of rotatable bonds is 15. The van der Waals surface area contributed by atoms with E-state index in [0.717, 1.165) is 96.7 Å². The predicted octanol–water partition coefficient (Wildman–Crippen LogP) is 20.4. The minimum Gasteiger partial charge on any atom is -0.207 e. The molecule has 0 saturated heterocycles. The zero-order valence-corrected chi connectivity index (χ0v) is 45.5. The van der Waals surface area contributed by atoms with E-state index in [2.05, 4.69) is 195 Å². The normalized spacial score (nSPS) is 10.9. The number of hydrogen-bond acceptors (Lipinski definition) is 0. The Hall–Kier alpha value is -7.16. The van der Waals surface area contributed by atoms with Crippen LogP contribution < -0.4 is 0 Å². The summed E-state index contributed by atoms with van der Waals surface area (Å²) in [7, 11) is 0. The van der Waals surface area contributed by atoms with Crippen molar-refractivity contribution in [3.63, 3.8) is 0 Å². The first-order valence-corrected chi connectivity index (χ1v) is 27.4. The third-order valence-electron chi connectivity index (χ3n) is 14.7. The van der Waals surface area contributed by atoms with Crippen LogP contribution in [0.2, 0.25) is 0 Å². The van der Waals surface area contributed by atoms with Gasteiger partial charge >= 0.3 is 0 Å². The standard InChI is InChI=1S/C28H25F.C26H30.C18H21F/c1-3-20-5-9-22(10-6-20)23-13-15-25(16-14-23)27-18-17-26(19-28(27)29)24-11-7-21(4-2)8-12-24;1-5-19-9-13-23(14-10-19)25-17-22(8-4)26(18-21(25)7-3)24-15-11-20(6-2)12-16-24;1-4-13-7-9-16(11-15(13)6-3)17-10-8-14(5-2)18(19)12-17/h5-19H,3-4H2,1-2H3;9-18H,5-8H2,1-4H3;7-12H,4-6H2,1-3H3. The van der Waals surface area contributed by atoms with Crippen LogP contribution in [0.1, 0.15) is 112 Å². The Balaban J connectivity index is 0.000000166. The molecular formula is C72H76F2. The predicted molar refractivity (Wildman–Crippen MR) is 316 cm³/mol. The molecule has 0 aliphatic carbocycles. The van der Waals surface area contributed by atoms with E-state index in [4.69, 9.17) is 0 Å². The molecule has 74 heavy (non-hydrogen) atoms. The van der Waals surface area contributed by atoms with Gasteiger partial charge in [-0.2, -0.15) is 0 Å². The van der Waals surface area contributed by atoms with E-state index in [1.165, 1.54) is 72.3 Å². The van der Waals surface area contributed by atoms with E-state index < -0.39 is 0 Å². The maximum absolute atomic E-state index is 14.9. The van der Waals surface area contributed by atoms with Crippen molar-refractivity contribution in [1.82, 2.24) is 0 Å². The molecule has 0 saturated carbocycles. The van der Waals surface area contributed by atoms with Gasteiger partial charge in [0.2, 0.25) is 0 Å². The molecule has 0 heterocycles. The molecule has 0 N–H and O–H groups in total. The van der Waals surface area contributed by atoms with Gasteiger partial charge in [-0.3, -0.25) is 0 Å². The average molecular weight is 979 g/mol. The minimum atomic E-state index is -0.192. The van der Waals surface area contributed by atoms with Crippen LogP contribution in [0.25, 0.3) is 66.8 Å². The minimum absolute atomic E-state index is 0.0994. The molecular weight excluding hydrogens is 903 g/mol. The third-order valence-corrected chi connectivity index (χ3v) is 14.7. The van der Waals surface area contributed by atoms with E-state index in [-0.39, 0.29) is 11.6 Å². The molecule has 9 rings (SSSR count). The zero-order chi connectivity index (χ0) is 52.6. The number of halogens is 2. The van der Waals surface area contributed by atoms with Gasteiger partial charge in [0.25, 0.3) is 0 Å². The first-order valence-electron chi connectivity index (χ1n) is 27.4. The molecule has 0 amide bonds. The van der Waals surface area contributed by atoms with Gasteiger partial charge in [-0.1, -0.05) is 238 Å². The van der Waals surface area contributed by atoms with Gasteiger partial charge in [-0.15, -0.1) is 0 Å². The lowest BCUT2D eigenvalue weighted by Crippen LogP contribution is -1.96. The van der Waals surface area contributed by atoms with Crippen LogP contribution in [0.3, 0.4) is 0 Å². The maximum atomic E-state index is 14.9. The molecule has 0 aliphatic heterocycles. The summed E-state index contributed by atoms with van der Waals surface area (Å²) in [6, 6.07) is 65.6. The van der Waals surface area contributed by atoms with Crippen molar-refractivity contribution in [2.45, 2.75) is 120 Å². The first-order chi connectivity index (χ1) is 36.1. The Kier molecular flexibility index (Phi) is 19.7. The van der Waals surface area contributed by atoms with Gasteiger partial charge in [0, 0.05) is 5.56 Å². The van der Waals surface area contributed by atoms with Gasteiger partial charge in [0.05, 0.1) is 0 Å². The number of aryl methyl sites for hydroxylation is 9. The Morgan fingerprint density at radius 3 is 0.865 bits per heavy atom. The Morgan fingerprint density at radius 2 is 0.486 bits per heavy atom. The van der Waals surface area contributed by atoms with Crippen molar-refractivity contribution >= 4 is 0 Å².